The number of aromatic nitrogens is 8. The maximum atomic E-state index is 11.4. The maximum absolute atomic E-state index is 11.4. The first-order chi connectivity index (χ1) is 29.9. The second-order valence-corrected chi connectivity index (χ2v) is 14.3. The largest absolute Gasteiger partial charge is 0.492 e. The number of ether oxygens (including phenoxy) is 2. The van der Waals surface area contributed by atoms with E-state index in [4.69, 9.17) is 65.8 Å². The number of hydrogen-bond acceptors (Lipinski definition) is 12. The van der Waals surface area contributed by atoms with Gasteiger partial charge in [-0.25, -0.2) is 0 Å². The zero-order valence-corrected chi connectivity index (χ0v) is 35.5. The van der Waals surface area contributed by atoms with E-state index in [1.54, 1.807) is 82.4 Å². The predicted octanol–water partition coefficient (Wildman–Crippen LogP) is 5.93. The standard InChI is InChI=1S/C42H30N12O6S2.ClH/c1-59-37-23-29(11-21-35(37)51-47-41(27-7-3-25(4-8-27)39(43)61)45-49(51)31-13-17-33(18-14-31)53(55)56)30-12-22-36(38(24-30)60-2)52-48-42(28-9-5-26(6-10-28)40(44)62)46-50(52)32-15-19-34(20-16-32)54(57)58;/h3-24H,1-2H3,(H2-2,43,44,61,62);1H/p+2. The van der Waals surface area contributed by atoms with Crippen molar-refractivity contribution in [1.82, 2.24) is 30.0 Å². The van der Waals surface area contributed by atoms with Gasteiger partial charge in [0.15, 0.2) is 11.5 Å². The topological polar surface area (TPSA) is 226 Å². The molecule has 0 fully saturated rings. The summed E-state index contributed by atoms with van der Waals surface area (Å²) in [6.45, 7) is 0. The average Bonchev–Trinajstić information content (AvgIpc) is 3.95. The molecule has 0 spiro atoms. The van der Waals surface area contributed by atoms with Gasteiger partial charge in [0.25, 0.3) is 11.4 Å². The van der Waals surface area contributed by atoms with Crippen LogP contribution in [0.1, 0.15) is 11.1 Å². The van der Waals surface area contributed by atoms with Crippen LogP contribution in [0, 0.1) is 20.2 Å². The molecule has 2 aromatic heterocycles. The van der Waals surface area contributed by atoms with E-state index in [0.29, 0.717) is 68.2 Å². The zero-order valence-electron chi connectivity index (χ0n) is 33.0. The molecule has 0 saturated carbocycles. The number of nitro groups is 2. The Kier molecular flexibility index (Phi) is 12.2. The van der Waals surface area contributed by atoms with Gasteiger partial charge in [-0.15, -0.1) is 12.4 Å². The highest BCUT2D eigenvalue weighted by Crippen LogP contribution is 2.32. The summed E-state index contributed by atoms with van der Waals surface area (Å²) < 4.78 is 11.9. The Morgan fingerprint density at radius 2 is 0.889 bits per heavy atom. The summed E-state index contributed by atoms with van der Waals surface area (Å²) in [5.74, 6) is 1.56. The second-order valence-electron chi connectivity index (χ2n) is 13.4. The molecule has 8 aromatic rings. The van der Waals surface area contributed by atoms with Crippen molar-refractivity contribution in [2.45, 2.75) is 0 Å². The van der Waals surface area contributed by atoms with E-state index in [1.165, 1.54) is 48.1 Å². The molecular weight excluding hydrogens is 868 g/mol. The predicted molar refractivity (Wildman–Crippen MR) is 241 cm³/mol. The van der Waals surface area contributed by atoms with Gasteiger partial charge in [-0.1, -0.05) is 48.7 Å². The summed E-state index contributed by atoms with van der Waals surface area (Å²) in [6.07, 6.45) is 0. The molecule has 18 nitrogen and oxygen atoms in total. The highest BCUT2D eigenvalue weighted by atomic mass is 35.5. The van der Waals surface area contributed by atoms with Crippen molar-refractivity contribution in [1.29, 1.82) is 0 Å². The Morgan fingerprint density at radius 1 is 0.556 bits per heavy atom. The lowest BCUT2D eigenvalue weighted by atomic mass is 10.0. The Morgan fingerprint density at radius 3 is 1.19 bits per heavy atom. The minimum absolute atomic E-state index is 0. The van der Waals surface area contributed by atoms with Gasteiger partial charge in [0.2, 0.25) is 11.4 Å². The van der Waals surface area contributed by atoms with E-state index in [1.807, 2.05) is 36.4 Å². The SMILES string of the molecule is COc1cc(-c2ccc(-[n+]3nc(-c4ccc(C(N)=S)cc4)nn3-c3ccc([N+](=O)[O-])cc3)c(OC)c2)ccc1-[n+]1nc(-c2ccc(C(N)=S)cc2)nn1-c1ccc([N+](=O)[O-])cc1.Cl. The first-order valence-corrected chi connectivity index (χ1v) is 19.2. The van der Waals surface area contributed by atoms with Gasteiger partial charge in [-0.05, 0) is 116 Å². The molecule has 4 N–H and O–H groups in total. The molecule has 0 unspecified atom stereocenters. The van der Waals surface area contributed by atoms with Crippen molar-refractivity contribution in [3.05, 3.63) is 165 Å². The molecule has 0 aliphatic rings. The molecule has 0 radical (unpaired) electrons. The summed E-state index contributed by atoms with van der Waals surface area (Å²) in [7, 11) is 3.07. The Labute approximate surface area is 374 Å². The summed E-state index contributed by atoms with van der Waals surface area (Å²) in [6, 6.07) is 37.2. The van der Waals surface area contributed by atoms with Crippen LogP contribution in [0.15, 0.2) is 133 Å². The molecular formula is C42H33ClN12O6S2+2. The number of nitrogens with zero attached hydrogens (tertiary/aromatic N) is 10. The quantitative estimate of drug-likeness (QED) is 0.0593. The monoisotopic (exact) mass is 900 g/mol. The number of benzene rings is 6. The van der Waals surface area contributed by atoms with E-state index in [9.17, 15) is 20.2 Å². The molecule has 0 aliphatic carbocycles. The number of halogens is 1. The number of rotatable bonds is 13. The van der Waals surface area contributed by atoms with Gasteiger partial charge in [-0.2, -0.15) is 0 Å². The maximum Gasteiger partial charge on any atom is 0.340 e. The third-order valence-corrected chi connectivity index (χ3v) is 10.1. The fourth-order valence-corrected chi connectivity index (χ4v) is 6.74. The van der Waals surface area contributed by atoms with Crippen LogP contribution in [-0.2, 0) is 0 Å². The molecule has 0 atom stereocenters. The third kappa shape index (κ3) is 8.61. The smallest absolute Gasteiger partial charge is 0.340 e. The number of tetrazole rings is 2. The van der Waals surface area contributed by atoms with Gasteiger partial charge in [-0.3, -0.25) is 20.2 Å². The molecule has 21 heteroatoms. The molecule has 314 valence electrons. The Balaban J connectivity index is 0.00000595. The minimum atomic E-state index is -0.475. The van der Waals surface area contributed by atoms with Crippen LogP contribution in [-0.4, -0.2) is 64.0 Å². The normalized spacial score (nSPS) is 10.8. The van der Waals surface area contributed by atoms with Gasteiger partial charge in [0.1, 0.15) is 21.4 Å². The van der Waals surface area contributed by atoms with E-state index >= 15 is 0 Å². The molecule has 2 heterocycles. The molecule has 63 heavy (non-hydrogen) atoms. The molecule has 0 aliphatic heterocycles. The lowest BCUT2D eigenvalue weighted by Gasteiger charge is -2.11. The van der Waals surface area contributed by atoms with Crippen LogP contribution in [0.2, 0.25) is 0 Å². The number of nitro benzene ring substituents is 2. The molecule has 0 amide bonds. The van der Waals surface area contributed by atoms with E-state index in [2.05, 4.69) is 0 Å². The summed E-state index contributed by atoms with van der Waals surface area (Å²) in [5.41, 5.74) is 17.7. The van der Waals surface area contributed by atoms with Crippen LogP contribution in [0.3, 0.4) is 0 Å². The highest BCUT2D eigenvalue weighted by molar-refractivity contribution is 7.80. The summed E-state index contributed by atoms with van der Waals surface area (Å²) in [5, 5.41) is 42.1. The minimum Gasteiger partial charge on any atom is -0.492 e. The fraction of sp³-hybridized carbons (Fsp3) is 0.0476. The first kappa shape index (κ1) is 43.0. The molecule has 6 aromatic carbocycles. The first-order valence-electron chi connectivity index (χ1n) is 18.4. The number of hydrogen-bond donors (Lipinski definition) is 2. The average molecular weight is 901 g/mol. The van der Waals surface area contributed by atoms with Crippen LogP contribution in [0.25, 0.3) is 56.7 Å². The van der Waals surface area contributed by atoms with E-state index < -0.39 is 9.85 Å². The van der Waals surface area contributed by atoms with Crippen LogP contribution in [0.5, 0.6) is 11.5 Å². The third-order valence-electron chi connectivity index (χ3n) is 9.68. The lowest BCUT2D eigenvalue weighted by Crippen LogP contribution is -2.43. The van der Waals surface area contributed by atoms with Crippen molar-refractivity contribution in [2.24, 2.45) is 11.5 Å². The fourth-order valence-electron chi connectivity index (χ4n) is 6.47. The van der Waals surface area contributed by atoms with Crippen molar-refractivity contribution in [2.75, 3.05) is 14.2 Å². The van der Waals surface area contributed by atoms with Crippen molar-refractivity contribution in [3.8, 4) is 68.2 Å². The number of nitrogens with two attached hydrogens (primary N) is 2. The lowest BCUT2D eigenvalue weighted by molar-refractivity contribution is -0.734. The number of methoxy groups -OCH3 is 2. The van der Waals surface area contributed by atoms with E-state index in [0.717, 1.165) is 11.1 Å². The van der Waals surface area contributed by atoms with Crippen LogP contribution < -0.4 is 30.5 Å². The van der Waals surface area contributed by atoms with Crippen LogP contribution in [0.4, 0.5) is 11.4 Å². The number of thiocarbonyl (C=S) groups is 2. The zero-order chi connectivity index (χ0) is 43.7. The summed E-state index contributed by atoms with van der Waals surface area (Å²) in [4.78, 5) is 28.6. The summed E-state index contributed by atoms with van der Waals surface area (Å²) >= 11 is 10.2. The highest BCUT2D eigenvalue weighted by Gasteiger charge is 2.29. The Bertz CT molecular complexity index is 2850. The Hall–Kier alpha value is -8.07. The van der Waals surface area contributed by atoms with E-state index in [-0.39, 0.29) is 33.8 Å². The molecule has 8 rings (SSSR count). The van der Waals surface area contributed by atoms with Gasteiger partial charge in [0, 0.05) is 45.0 Å². The van der Waals surface area contributed by atoms with Crippen molar-refractivity contribution >= 4 is 58.2 Å². The molecule has 0 bridgehead atoms. The van der Waals surface area contributed by atoms with Crippen LogP contribution >= 0.6 is 36.8 Å². The van der Waals surface area contributed by atoms with Gasteiger partial charge < -0.3 is 20.9 Å². The van der Waals surface area contributed by atoms with Crippen molar-refractivity contribution in [3.63, 3.8) is 0 Å². The second kappa shape index (κ2) is 17.9. The van der Waals surface area contributed by atoms with Gasteiger partial charge >= 0.3 is 11.6 Å². The van der Waals surface area contributed by atoms with Gasteiger partial charge in [0.05, 0.1) is 45.4 Å². The molecule has 0 saturated heterocycles. The van der Waals surface area contributed by atoms with Crippen molar-refractivity contribution < 1.29 is 28.9 Å². The number of non-ortho nitro benzene ring substituents is 2.